The SMILES string of the molecule is CC/C=C/C/C=C/C/C=C/C/C=C/C/C=C/CCCCCCC(=O)OC(COCCC(C(=O)[O-])[N+](C)(C)C)COC(=O)CCCCC/C=C/CCCCCCCCC. The lowest BCUT2D eigenvalue weighted by Gasteiger charge is -2.34. The quantitative estimate of drug-likeness (QED) is 0.0263. The summed E-state index contributed by atoms with van der Waals surface area (Å²) in [5, 5.41) is 11.6. The van der Waals surface area contributed by atoms with Gasteiger partial charge in [-0.3, -0.25) is 9.59 Å². The molecule has 2 unspecified atom stereocenters. The molecule has 0 aromatic heterocycles. The van der Waals surface area contributed by atoms with Crippen molar-refractivity contribution in [2.24, 2.45) is 0 Å². The zero-order valence-electron chi connectivity index (χ0n) is 37.7. The summed E-state index contributed by atoms with van der Waals surface area (Å²) in [7, 11) is 5.39. The Morgan fingerprint density at radius 3 is 1.47 bits per heavy atom. The van der Waals surface area contributed by atoms with Gasteiger partial charge in [-0.2, -0.15) is 0 Å². The molecule has 0 saturated heterocycles. The lowest BCUT2D eigenvalue weighted by molar-refractivity contribution is -0.889. The number of quaternary nitrogens is 1. The van der Waals surface area contributed by atoms with Crippen LogP contribution in [0.1, 0.15) is 174 Å². The first kappa shape index (κ1) is 54.8. The highest BCUT2D eigenvalue weighted by Gasteiger charge is 2.25. The van der Waals surface area contributed by atoms with Gasteiger partial charge in [-0.25, -0.2) is 0 Å². The fourth-order valence-corrected chi connectivity index (χ4v) is 6.27. The van der Waals surface area contributed by atoms with Gasteiger partial charge >= 0.3 is 11.9 Å². The fraction of sp³-hybridized carbons (Fsp3) is 0.700. The van der Waals surface area contributed by atoms with Crippen molar-refractivity contribution < 1.29 is 38.2 Å². The molecular weight excluding hydrogens is 727 g/mol. The summed E-state index contributed by atoms with van der Waals surface area (Å²) in [6.07, 6.45) is 50.7. The second kappa shape index (κ2) is 40.5. The predicted octanol–water partition coefficient (Wildman–Crippen LogP) is 11.4. The van der Waals surface area contributed by atoms with E-state index < -0.39 is 18.1 Å². The number of carbonyl (C=O) groups is 3. The Bertz CT molecular complexity index is 1180. The van der Waals surface area contributed by atoms with Crippen LogP contribution < -0.4 is 5.11 Å². The lowest BCUT2D eigenvalue weighted by atomic mass is 10.1. The van der Waals surface area contributed by atoms with Crippen LogP contribution in [0.5, 0.6) is 0 Å². The second-order valence-corrected chi connectivity index (χ2v) is 16.3. The fourth-order valence-electron chi connectivity index (χ4n) is 6.27. The number of likely N-dealkylation sites (N-methyl/N-ethyl adjacent to an activating group) is 1. The van der Waals surface area contributed by atoms with Gasteiger partial charge in [0.2, 0.25) is 0 Å². The number of rotatable bonds is 40. The van der Waals surface area contributed by atoms with Crippen LogP contribution in [0.25, 0.3) is 0 Å². The summed E-state index contributed by atoms with van der Waals surface area (Å²) >= 11 is 0. The van der Waals surface area contributed by atoms with E-state index in [1.165, 1.54) is 44.9 Å². The zero-order chi connectivity index (χ0) is 42.8. The summed E-state index contributed by atoms with van der Waals surface area (Å²) in [5.74, 6) is -1.79. The van der Waals surface area contributed by atoms with Gasteiger partial charge in [0, 0.05) is 19.3 Å². The number of carboxylic acids is 1. The smallest absolute Gasteiger partial charge is 0.306 e. The Balaban J connectivity index is 4.41. The first-order valence-corrected chi connectivity index (χ1v) is 23.0. The number of ether oxygens (including phenoxy) is 3. The maximum Gasteiger partial charge on any atom is 0.306 e. The van der Waals surface area contributed by atoms with Crippen LogP contribution in [-0.4, -0.2) is 75.5 Å². The van der Waals surface area contributed by atoms with Crippen LogP contribution in [-0.2, 0) is 28.6 Å². The van der Waals surface area contributed by atoms with Crippen LogP contribution in [0.3, 0.4) is 0 Å². The van der Waals surface area contributed by atoms with E-state index in [1.807, 2.05) is 0 Å². The van der Waals surface area contributed by atoms with Crippen molar-refractivity contribution >= 4 is 17.9 Å². The minimum atomic E-state index is -1.13. The third-order valence-corrected chi connectivity index (χ3v) is 9.83. The predicted molar refractivity (Wildman–Crippen MR) is 240 cm³/mol. The maximum absolute atomic E-state index is 12.7. The van der Waals surface area contributed by atoms with Crippen molar-refractivity contribution in [1.82, 2.24) is 0 Å². The van der Waals surface area contributed by atoms with Crippen molar-refractivity contribution in [1.29, 1.82) is 0 Å². The number of allylic oxidation sites excluding steroid dienone is 12. The Labute approximate surface area is 355 Å². The first-order valence-electron chi connectivity index (χ1n) is 23.0. The molecule has 0 bridgehead atoms. The molecule has 0 aliphatic heterocycles. The summed E-state index contributed by atoms with van der Waals surface area (Å²) in [6.45, 7) is 4.49. The highest BCUT2D eigenvalue weighted by molar-refractivity contribution is 5.70. The second-order valence-electron chi connectivity index (χ2n) is 16.3. The van der Waals surface area contributed by atoms with Crippen LogP contribution >= 0.6 is 0 Å². The normalized spacial score (nSPS) is 13.6. The van der Waals surface area contributed by atoms with E-state index in [4.69, 9.17) is 14.2 Å². The molecule has 0 rings (SSSR count). The van der Waals surface area contributed by atoms with Crippen LogP contribution in [0.15, 0.2) is 72.9 Å². The lowest BCUT2D eigenvalue weighted by Crippen LogP contribution is -2.55. The number of esters is 2. The van der Waals surface area contributed by atoms with Gasteiger partial charge in [-0.05, 0) is 83.5 Å². The van der Waals surface area contributed by atoms with E-state index >= 15 is 0 Å². The summed E-state index contributed by atoms with van der Waals surface area (Å²) in [6, 6.07) is -0.736. The van der Waals surface area contributed by atoms with Gasteiger partial charge in [0.05, 0.1) is 40.3 Å². The van der Waals surface area contributed by atoms with Crippen molar-refractivity contribution in [3.63, 3.8) is 0 Å². The monoisotopic (exact) mass is 812 g/mol. The molecule has 0 heterocycles. The standard InChI is InChI=1S/C50H85NO7/c1-6-8-10-12-14-16-18-20-22-23-24-25-26-27-29-31-33-35-37-39-41-49(53)58-46(44-56-43-42-47(50(54)55)51(3,4)5)45-57-48(52)40-38-36-34-32-30-28-21-19-17-15-13-11-9-7-2/h8,10,14,16,20,22,24-25,27-30,46-47H,6-7,9,11-13,15,17-19,21,23,26,31-45H2,1-5H3/b10-8+,16-14+,22-20+,25-24+,29-27+,30-28+. The van der Waals surface area contributed by atoms with Gasteiger partial charge in [0.15, 0.2) is 6.10 Å². The molecule has 0 radical (unpaired) electrons. The molecule has 0 aromatic carbocycles. The maximum atomic E-state index is 12.7. The van der Waals surface area contributed by atoms with Gasteiger partial charge < -0.3 is 28.6 Å². The van der Waals surface area contributed by atoms with Crippen molar-refractivity contribution in [2.45, 2.75) is 187 Å². The number of carbonyl (C=O) groups excluding carboxylic acids is 3. The molecule has 0 fully saturated rings. The molecular formula is C50H85NO7. The molecule has 0 spiro atoms. The topological polar surface area (TPSA) is 102 Å². The molecule has 0 N–H and O–H groups in total. The molecule has 8 nitrogen and oxygen atoms in total. The van der Waals surface area contributed by atoms with Gasteiger partial charge in [0.25, 0.3) is 0 Å². The molecule has 8 heteroatoms. The van der Waals surface area contributed by atoms with Gasteiger partial charge in [-0.1, -0.05) is 145 Å². The molecule has 0 saturated carbocycles. The third-order valence-electron chi connectivity index (χ3n) is 9.83. The summed E-state index contributed by atoms with van der Waals surface area (Å²) in [4.78, 5) is 36.9. The Morgan fingerprint density at radius 2 is 0.966 bits per heavy atom. The number of carboxylic acid groups (broad SMARTS) is 1. The Morgan fingerprint density at radius 1 is 0.534 bits per heavy atom. The first-order chi connectivity index (χ1) is 28.1. The largest absolute Gasteiger partial charge is 0.544 e. The number of hydrogen-bond donors (Lipinski definition) is 0. The number of hydrogen-bond acceptors (Lipinski definition) is 7. The molecule has 2 atom stereocenters. The zero-order valence-corrected chi connectivity index (χ0v) is 37.7. The highest BCUT2D eigenvalue weighted by Crippen LogP contribution is 2.13. The van der Waals surface area contributed by atoms with Crippen molar-refractivity contribution in [3.8, 4) is 0 Å². The molecule has 0 aromatic rings. The Hall–Kier alpha value is -3.23. The minimum Gasteiger partial charge on any atom is -0.544 e. The van der Waals surface area contributed by atoms with Crippen molar-refractivity contribution in [2.75, 3.05) is 41.0 Å². The highest BCUT2D eigenvalue weighted by atomic mass is 16.6. The van der Waals surface area contributed by atoms with E-state index in [0.29, 0.717) is 6.42 Å². The van der Waals surface area contributed by atoms with E-state index in [0.717, 1.165) is 96.3 Å². The van der Waals surface area contributed by atoms with Crippen molar-refractivity contribution in [3.05, 3.63) is 72.9 Å². The van der Waals surface area contributed by atoms with E-state index in [1.54, 1.807) is 21.1 Å². The number of unbranched alkanes of at least 4 members (excludes halogenated alkanes) is 14. The van der Waals surface area contributed by atoms with E-state index in [9.17, 15) is 19.5 Å². The average molecular weight is 812 g/mol. The van der Waals surface area contributed by atoms with Gasteiger partial charge in [-0.15, -0.1) is 0 Å². The number of aliphatic carboxylic acids is 1. The van der Waals surface area contributed by atoms with E-state index in [-0.39, 0.29) is 49.1 Å². The molecule has 0 amide bonds. The van der Waals surface area contributed by atoms with Crippen LogP contribution in [0.2, 0.25) is 0 Å². The van der Waals surface area contributed by atoms with Gasteiger partial charge in [0.1, 0.15) is 12.6 Å². The van der Waals surface area contributed by atoms with Crippen LogP contribution in [0.4, 0.5) is 0 Å². The number of nitrogens with zero attached hydrogens (tertiary/aromatic N) is 1. The summed E-state index contributed by atoms with van der Waals surface area (Å²) < 4.78 is 17.1. The molecule has 0 aliphatic rings. The van der Waals surface area contributed by atoms with E-state index in [2.05, 4.69) is 86.8 Å². The summed E-state index contributed by atoms with van der Waals surface area (Å²) in [5.41, 5.74) is 0. The van der Waals surface area contributed by atoms with Crippen LogP contribution in [0, 0.1) is 0 Å². The average Bonchev–Trinajstić information content (AvgIpc) is 3.18. The molecule has 58 heavy (non-hydrogen) atoms. The third kappa shape index (κ3) is 38.3. The molecule has 0 aliphatic carbocycles. The Kier molecular flexibility index (Phi) is 38.3. The minimum absolute atomic E-state index is 0.0222. The molecule has 332 valence electrons.